The summed E-state index contributed by atoms with van der Waals surface area (Å²) in [5, 5.41) is 11.7. The first-order valence-corrected chi connectivity index (χ1v) is 20.5. The summed E-state index contributed by atoms with van der Waals surface area (Å²) < 4.78 is 7.56. The van der Waals surface area contributed by atoms with E-state index in [4.69, 9.17) is 4.74 Å². The summed E-state index contributed by atoms with van der Waals surface area (Å²) in [6, 6.07) is 0.667. The second kappa shape index (κ2) is 13.4. The van der Waals surface area contributed by atoms with Crippen LogP contribution in [0.5, 0.6) is 0 Å². The van der Waals surface area contributed by atoms with Gasteiger partial charge in [0.2, 0.25) is 0 Å². The topological polar surface area (TPSA) is 70.1 Å². The summed E-state index contributed by atoms with van der Waals surface area (Å²) >= 11 is 0. The zero-order chi connectivity index (χ0) is 34.0. The summed E-state index contributed by atoms with van der Waals surface area (Å²) in [4.78, 5) is 33.4. The Bertz CT molecular complexity index is 1230. The lowest BCUT2D eigenvalue weighted by molar-refractivity contribution is -0.197. The van der Waals surface area contributed by atoms with Crippen LogP contribution < -0.4 is 0 Å². The van der Waals surface area contributed by atoms with Gasteiger partial charge in [-0.15, -0.1) is 0 Å². The van der Waals surface area contributed by atoms with Gasteiger partial charge in [0.15, 0.2) is 0 Å². The third-order valence-corrected chi connectivity index (χ3v) is 15.8. The Kier molecular flexibility index (Phi) is 9.81. The van der Waals surface area contributed by atoms with E-state index in [2.05, 4.69) is 57.4 Å². The lowest BCUT2D eigenvalue weighted by Gasteiger charge is -2.60. The lowest BCUT2D eigenvalue weighted by atomic mass is 9.41. The Hall–Kier alpha value is -1.24. The summed E-state index contributed by atoms with van der Waals surface area (Å²) in [5.74, 6) is 2.40. The molecule has 48 heavy (non-hydrogen) atoms. The van der Waals surface area contributed by atoms with Gasteiger partial charge in [0.1, 0.15) is 11.7 Å². The molecular formula is C42H68N2O4. The highest BCUT2D eigenvalue weighted by molar-refractivity contribution is 5.90. The quantitative estimate of drug-likeness (QED) is 0.159. The maximum absolute atomic E-state index is 14.2. The van der Waals surface area contributed by atoms with Crippen molar-refractivity contribution in [2.24, 2.45) is 63.6 Å². The fraction of sp³-hybridized carbons (Fsp3) is 0.905. The number of likely N-dealkylation sites (tertiary alicyclic amines) is 1. The molecule has 4 saturated carbocycles. The number of carboxylic acid groups (broad SMARTS) is 1. The van der Waals surface area contributed by atoms with Crippen molar-refractivity contribution >= 4 is 12.3 Å². The molecule has 0 radical (unpaired) electrons. The first-order chi connectivity index (χ1) is 23.0. The smallest absolute Gasteiger partial charge is 0.315 e. The number of hydrogen-bond donors (Lipinski definition) is 1. The lowest BCUT2D eigenvalue weighted by Crippen LogP contribution is -2.65. The molecular weight excluding hydrogens is 596 g/mol. The Balaban J connectivity index is 1.24. The fourth-order valence-corrected chi connectivity index (χ4v) is 13.9. The van der Waals surface area contributed by atoms with Crippen molar-refractivity contribution in [3.05, 3.63) is 11.6 Å². The van der Waals surface area contributed by atoms with Crippen molar-refractivity contribution in [3.63, 3.8) is 0 Å². The number of aliphatic carboxylic acids is 1. The van der Waals surface area contributed by atoms with E-state index in [1.54, 1.807) is 0 Å². The number of carbonyl (C=O) groups excluding carboxylic acids is 1. The van der Waals surface area contributed by atoms with E-state index in [9.17, 15) is 14.7 Å². The van der Waals surface area contributed by atoms with E-state index in [0.29, 0.717) is 36.1 Å². The van der Waals surface area contributed by atoms with Gasteiger partial charge in [-0.2, -0.15) is 0 Å². The molecule has 4 unspecified atom stereocenters. The van der Waals surface area contributed by atoms with E-state index in [-0.39, 0.29) is 30.0 Å². The molecule has 6 fully saturated rings. The predicted molar refractivity (Wildman–Crippen MR) is 192 cm³/mol. The van der Waals surface area contributed by atoms with E-state index >= 15 is 0 Å². The van der Waals surface area contributed by atoms with Crippen LogP contribution in [0.15, 0.2) is 11.6 Å². The van der Waals surface area contributed by atoms with Gasteiger partial charge in [0.05, 0.1) is 17.6 Å². The van der Waals surface area contributed by atoms with E-state index in [0.717, 1.165) is 63.4 Å². The first-order valence-electron chi connectivity index (χ1n) is 20.5. The Labute approximate surface area is 292 Å². The van der Waals surface area contributed by atoms with Gasteiger partial charge in [0.25, 0.3) is 0 Å². The zero-order valence-electron chi connectivity index (χ0n) is 31.3. The molecule has 7 rings (SSSR count). The molecule has 0 aromatic heterocycles. The van der Waals surface area contributed by atoms with Crippen molar-refractivity contribution in [3.8, 4) is 0 Å². The number of rotatable bonds is 13. The van der Waals surface area contributed by atoms with E-state index < -0.39 is 22.2 Å². The summed E-state index contributed by atoms with van der Waals surface area (Å²) in [6.07, 6.45) is 18.8. The molecule has 7 aliphatic rings. The van der Waals surface area contributed by atoms with Crippen LogP contribution in [0.1, 0.15) is 125 Å². The van der Waals surface area contributed by atoms with Gasteiger partial charge in [0, 0.05) is 37.6 Å². The third-order valence-electron chi connectivity index (χ3n) is 15.8. The molecule has 2 saturated heterocycles. The van der Waals surface area contributed by atoms with Crippen molar-refractivity contribution < 1.29 is 19.4 Å². The average Bonchev–Trinajstić information content (AvgIpc) is 3.86. The van der Waals surface area contributed by atoms with Crippen LogP contribution in [0.25, 0.3) is 0 Å². The molecule has 4 bridgehead atoms. The van der Waals surface area contributed by atoms with Crippen LogP contribution in [0.4, 0.5) is 0 Å². The first kappa shape index (κ1) is 35.2. The number of aldehydes is 1. The molecule has 0 spiro atoms. The van der Waals surface area contributed by atoms with Gasteiger partial charge in [-0.3, -0.25) is 14.6 Å². The Morgan fingerprint density at radius 3 is 2.48 bits per heavy atom. The monoisotopic (exact) mass is 665 g/mol. The molecule has 0 amide bonds. The van der Waals surface area contributed by atoms with Crippen molar-refractivity contribution in [1.29, 1.82) is 0 Å². The maximum Gasteiger partial charge on any atom is 0.315 e. The van der Waals surface area contributed by atoms with E-state index in [1.807, 2.05) is 0 Å². The number of hydrogen-bond acceptors (Lipinski definition) is 5. The number of allylic oxidation sites excluding steroid dienone is 1. The minimum atomic E-state index is -1.15. The highest BCUT2D eigenvalue weighted by Crippen LogP contribution is 2.84. The zero-order valence-corrected chi connectivity index (χ0v) is 31.3. The highest BCUT2D eigenvalue weighted by Gasteiger charge is 2.86. The van der Waals surface area contributed by atoms with Gasteiger partial charge >= 0.3 is 5.97 Å². The van der Waals surface area contributed by atoms with Crippen LogP contribution in [0.3, 0.4) is 0 Å². The second-order valence-corrected chi connectivity index (χ2v) is 18.9. The van der Waals surface area contributed by atoms with Crippen molar-refractivity contribution in [2.45, 2.75) is 143 Å². The highest BCUT2D eigenvalue weighted by atomic mass is 16.5. The van der Waals surface area contributed by atoms with Crippen LogP contribution in [0, 0.1) is 63.6 Å². The number of fused-ring (bicyclic) bond motifs is 2. The predicted octanol–water partition coefficient (Wildman–Crippen LogP) is 8.10. The number of piperidine rings is 1. The summed E-state index contributed by atoms with van der Waals surface area (Å²) in [5.41, 5.74) is -1.45. The standard InChI is InChI=1S/C42H68N2O4/c1-27(2)24-43(17-18-44-16-10-9-11-30(44)6)25-37-32(19-31-12-7-8-13-31)20-38(48-37)41-23-34-29(5)14-15-35(34)40(26-45)22-33(41)21-36(28(3)4)42(40,41)39(46)47/h21,26-35,37-38H,7-20,22-25H2,1-6H3,(H,46,47)/t29-,30?,32-,33?,34-,35-,37+,38-,40?,41?,42+/m1/s1. The third kappa shape index (κ3) is 5.25. The number of nitrogens with zero attached hydrogens (tertiary/aromatic N) is 2. The minimum Gasteiger partial charge on any atom is -0.481 e. The minimum absolute atomic E-state index is 0.102. The van der Waals surface area contributed by atoms with Crippen LogP contribution >= 0.6 is 0 Å². The Morgan fingerprint density at radius 2 is 1.81 bits per heavy atom. The van der Waals surface area contributed by atoms with Crippen molar-refractivity contribution in [1.82, 2.24) is 9.80 Å². The van der Waals surface area contributed by atoms with Gasteiger partial charge < -0.3 is 14.6 Å². The SMILES string of the molecule is CC(C)CN(CCN1CCCCC1C)C[C@@H]1O[C@@H](C23C[C@@H]4[C@H](C)CC[C@H]4C4(C=O)CC2C=C(C(C)C)[C@]43C(=O)O)C[C@H]1CC1CCCC1. The molecule has 0 aromatic rings. The van der Waals surface area contributed by atoms with Crippen LogP contribution in [-0.2, 0) is 14.3 Å². The summed E-state index contributed by atoms with van der Waals surface area (Å²) in [7, 11) is 0. The van der Waals surface area contributed by atoms with Gasteiger partial charge in [-0.05, 0) is 106 Å². The van der Waals surface area contributed by atoms with Crippen molar-refractivity contribution in [2.75, 3.05) is 32.7 Å². The molecule has 11 atom stereocenters. The van der Waals surface area contributed by atoms with E-state index in [1.165, 1.54) is 64.2 Å². The van der Waals surface area contributed by atoms with Gasteiger partial charge in [-0.1, -0.05) is 84.8 Å². The van der Waals surface area contributed by atoms with Crippen LogP contribution in [-0.4, -0.2) is 78.1 Å². The molecule has 2 aliphatic heterocycles. The molecule has 6 heteroatoms. The van der Waals surface area contributed by atoms with Crippen LogP contribution in [0.2, 0.25) is 0 Å². The second-order valence-electron chi connectivity index (χ2n) is 18.9. The summed E-state index contributed by atoms with van der Waals surface area (Å²) in [6.45, 7) is 19.2. The fourth-order valence-electron chi connectivity index (χ4n) is 13.9. The normalized spacial score (nSPS) is 44.3. The number of ether oxygens (including phenoxy) is 1. The number of carbonyl (C=O) groups is 2. The Morgan fingerprint density at radius 1 is 1.06 bits per heavy atom. The molecule has 6 nitrogen and oxygen atoms in total. The molecule has 0 aromatic carbocycles. The molecule has 270 valence electrons. The maximum atomic E-state index is 14.2. The van der Waals surface area contributed by atoms with Gasteiger partial charge in [-0.25, -0.2) is 0 Å². The molecule has 5 aliphatic carbocycles. The largest absolute Gasteiger partial charge is 0.481 e. The average molecular weight is 665 g/mol. The number of carboxylic acids is 1. The molecule has 1 N–H and O–H groups in total. The molecule has 2 heterocycles.